The fraction of sp³-hybridized carbons (Fsp3) is 0.364. The minimum atomic E-state index is -0.782. The number of carboxylic acid groups (broad SMARTS) is 1. The Kier molecular flexibility index (Phi) is 7.40. The van der Waals surface area contributed by atoms with Crippen LogP contribution in [0.2, 0.25) is 0 Å². The molecule has 0 radical (unpaired) electrons. The summed E-state index contributed by atoms with van der Waals surface area (Å²) in [6.07, 6.45) is 1.25. The van der Waals surface area contributed by atoms with Gasteiger partial charge >= 0.3 is 5.97 Å². The van der Waals surface area contributed by atoms with Crippen LogP contribution in [0.4, 0.5) is 11.4 Å². The van der Waals surface area contributed by atoms with Gasteiger partial charge in [0.1, 0.15) is 5.75 Å². The van der Waals surface area contributed by atoms with E-state index in [9.17, 15) is 9.90 Å². The highest BCUT2D eigenvalue weighted by Crippen LogP contribution is 2.28. The largest absolute Gasteiger partial charge is 0.493 e. The number of ether oxygens (including phenoxy) is 1. The van der Waals surface area contributed by atoms with Crippen molar-refractivity contribution in [2.24, 2.45) is 5.41 Å². The fourth-order valence-electron chi connectivity index (χ4n) is 2.69. The van der Waals surface area contributed by atoms with E-state index >= 15 is 0 Å². The van der Waals surface area contributed by atoms with Gasteiger partial charge in [0.25, 0.3) is 0 Å². The van der Waals surface area contributed by atoms with Crippen LogP contribution < -0.4 is 15.4 Å². The lowest BCUT2D eigenvalue weighted by Crippen LogP contribution is -2.24. The Bertz CT molecular complexity index is 835. The molecule has 0 heterocycles. The quantitative estimate of drug-likeness (QED) is 0.408. The van der Waals surface area contributed by atoms with E-state index in [0.29, 0.717) is 24.6 Å². The molecule has 0 aromatic heterocycles. The Morgan fingerprint density at radius 3 is 2.43 bits per heavy atom. The second-order valence-corrected chi connectivity index (χ2v) is 7.93. The third-order valence-corrected chi connectivity index (χ3v) is 4.79. The second-order valence-electron chi connectivity index (χ2n) is 7.52. The third-order valence-electron chi connectivity index (χ3n) is 4.58. The van der Waals surface area contributed by atoms with Gasteiger partial charge in [-0.15, -0.1) is 0 Å². The van der Waals surface area contributed by atoms with Crippen LogP contribution in [0.1, 0.15) is 37.8 Å². The Morgan fingerprint density at radius 1 is 1.11 bits per heavy atom. The Morgan fingerprint density at radius 2 is 1.79 bits per heavy atom. The number of aryl methyl sites for hydroxylation is 2. The highest BCUT2D eigenvalue weighted by atomic mass is 32.1. The first-order chi connectivity index (χ1) is 13.2. The van der Waals surface area contributed by atoms with Crippen molar-refractivity contribution in [2.45, 2.75) is 40.5 Å². The number of aliphatic carboxylic acids is 1. The van der Waals surface area contributed by atoms with Crippen molar-refractivity contribution in [1.82, 2.24) is 0 Å². The van der Waals surface area contributed by atoms with Crippen molar-refractivity contribution in [3.8, 4) is 5.75 Å². The van der Waals surface area contributed by atoms with Gasteiger partial charge in [0.05, 0.1) is 12.0 Å². The van der Waals surface area contributed by atoms with Gasteiger partial charge in [-0.2, -0.15) is 0 Å². The first kappa shape index (κ1) is 21.7. The molecule has 2 rings (SSSR count). The summed E-state index contributed by atoms with van der Waals surface area (Å²) in [6.45, 7) is 7.93. The highest BCUT2D eigenvalue weighted by Gasteiger charge is 2.26. The predicted molar refractivity (Wildman–Crippen MR) is 118 cm³/mol. The minimum absolute atomic E-state index is 0.484. The van der Waals surface area contributed by atoms with Crippen molar-refractivity contribution < 1.29 is 14.6 Å². The van der Waals surface area contributed by atoms with Gasteiger partial charge in [-0.3, -0.25) is 4.79 Å². The number of para-hydroxylation sites is 1. The molecule has 28 heavy (non-hydrogen) atoms. The van der Waals surface area contributed by atoms with Crippen LogP contribution in [0.5, 0.6) is 5.75 Å². The molecule has 2 aromatic rings. The number of nitrogens with one attached hydrogen (secondary N) is 2. The number of rotatable bonds is 8. The lowest BCUT2D eigenvalue weighted by molar-refractivity contribution is -0.147. The van der Waals surface area contributed by atoms with Gasteiger partial charge in [-0.1, -0.05) is 18.2 Å². The van der Waals surface area contributed by atoms with Crippen molar-refractivity contribution in [1.29, 1.82) is 0 Å². The monoisotopic (exact) mass is 400 g/mol. The molecule has 0 spiro atoms. The maximum Gasteiger partial charge on any atom is 0.309 e. The van der Waals surface area contributed by atoms with Crippen LogP contribution in [0.15, 0.2) is 42.5 Å². The Hall–Kier alpha value is -2.60. The fourth-order valence-corrected chi connectivity index (χ4v) is 2.92. The maximum absolute atomic E-state index is 11.2. The second kappa shape index (κ2) is 9.55. The molecule has 0 amide bonds. The number of hydrogen-bond acceptors (Lipinski definition) is 3. The molecule has 2 aromatic carbocycles. The molecule has 5 nitrogen and oxygen atoms in total. The van der Waals surface area contributed by atoms with Gasteiger partial charge < -0.3 is 20.5 Å². The number of hydrogen-bond donors (Lipinski definition) is 3. The molecule has 0 saturated heterocycles. The lowest BCUT2D eigenvalue weighted by Gasteiger charge is -2.19. The zero-order valence-corrected chi connectivity index (χ0v) is 17.7. The molecule has 0 atom stereocenters. The van der Waals surface area contributed by atoms with E-state index in [1.165, 1.54) is 0 Å². The molecular weight excluding hydrogens is 372 g/mol. The van der Waals surface area contributed by atoms with E-state index in [2.05, 4.69) is 10.6 Å². The van der Waals surface area contributed by atoms with Gasteiger partial charge in [-0.05, 0) is 88.1 Å². The number of benzene rings is 2. The van der Waals surface area contributed by atoms with Crippen LogP contribution in [0.25, 0.3) is 0 Å². The van der Waals surface area contributed by atoms with Crippen LogP contribution in [-0.4, -0.2) is 22.8 Å². The summed E-state index contributed by atoms with van der Waals surface area (Å²) in [5.74, 6) is 0.0214. The summed E-state index contributed by atoms with van der Waals surface area (Å²) in [5.41, 5.74) is 3.13. The summed E-state index contributed by atoms with van der Waals surface area (Å²) in [4.78, 5) is 11.2. The lowest BCUT2D eigenvalue weighted by atomic mass is 9.88. The van der Waals surface area contributed by atoms with E-state index < -0.39 is 11.4 Å². The molecule has 3 N–H and O–H groups in total. The van der Waals surface area contributed by atoms with Gasteiger partial charge in [0, 0.05) is 11.4 Å². The molecule has 6 heteroatoms. The van der Waals surface area contributed by atoms with Gasteiger partial charge in [0.15, 0.2) is 5.11 Å². The average Bonchev–Trinajstić information content (AvgIpc) is 2.63. The van der Waals surface area contributed by atoms with Crippen LogP contribution in [0, 0.1) is 19.3 Å². The number of carboxylic acids is 1. The first-order valence-electron chi connectivity index (χ1n) is 9.29. The smallest absolute Gasteiger partial charge is 0.309 e. The first-order valence-corrected chi connectivity index (χ1v) is 9.70. The number of anilines is 2. The van der Waals surface area contributed by atoms with Crippen molar-refractivity contribution in [3.05, 3.63) is 53.6 Å². The maximum atomic E-state index is 11.2. The summed E-state index contributed by atoms with van der Waals surface area (Å²) in [6, 6.07) is 13.7. The van der Waals surface area contributed by atoms with E-state index in [1.807, 2.05) is 56.3 Å². The molecule has 150 valence electrons. The van der Waals surface area contributed by atoms with Gasteiger partial charge in [0.2, 0.25) is 0 Å². The van der Waals surface area contributed by atoms with Crippen molar-refractivity contribution >= 4 is 34.7 Å². The molecule has 0 saturated carbocycles. The Balaban J connectivity index is 1.93. The average molecular weight is 401 g/mol. The number of carbonyl (C=O) groups is 1. The SMILES string of the molecule is Cc1cc(OCCCC(C)(C)C(=O)O)c(C)cc1NC(=S)Nc1ccccc1. The zero-order chi connectivity index (χ0) is 20.7. The zero-order valence-electron chi connectivity index (χ0n) is 16.8. The van der Waals surface area contributed by atoms with Gasteiger partial charge in [-0.25, -0.2) is 0 Å². The van der Waals surface area contributed by atoms with Crippen LogP contribution in [0.3, 0.4) is 0 Å². The third kappa shape index (κ3) is 6.23. The summed E-state index contributed by atoms with van der Waals surface area (Å²) >= 11 is 5.39. The Labute approximate surface area is 172 Å². The minimum Gasteiger partial charge on any atom is -0.493 e. The summed E-state index contributed by atoms with van der Waals surface area (Å²) < 4.78 is 5.88. The molecule has 0 aliphatic heterocycles. The molecule has 0 aliphatic carbocycles. The van der Waals surface area contributed by atoms with E-state index in [0.717, 1.165) is 28.3 Å². The standard InChI is InChI=1S/C22H28N2O3S/c1-15-14-19(27-12-8-11-22(3,4)20(25)26)16(2)13-18(15)24-21(28)23-17-9-6-5-7-10-17/h5-7,9-10,13-14H,8,11-12H2,1-4H3,(H,25,26)(H2,23,24,28). The van der Waals surface area contributed by atoms with Crippen molar-refractivity contribution in [3.63, 3.8) is 0 Å². The molecule has 0 bridgehead atoms. The van der Waals surface area contributed by atoms with E-state index in [1.54, 1.807) is 13.8 Å². The summed E-state index contributed by atoms with van der Waals surface area (Å²) in [5, 5.41) is 16.1. The summed E-state index contributed by atoms with van der Waals surface area (Å²) in [7, 11) is 0. The molecular formula is C22H28N2O3S. The van der Waals surface area contributed by atoms with Crippen LogP contribution >= 0.6 is 12.2 Å². The van der Waals surface area contributed by atoms with Crippen molar-refractivity contribution in [2.75, 3.05) is 17.2 Å². The number of thiocarbonyl (C=S) groups is 1. The highest BCUT2D eigenvalue weighted by molar-refractivity contribution is 7.80. The predicted octanol–water partition coefficient (Wildman–Crippen LogP) is 5.38. The van der Waals surface area contributed by atoms with Crippen LogP contribution in [-0.2, 0) is 4.79 Å². The molecule has 0 aliphatic rings. The molecule has 0 unspecified atom stereocenters. The van der Waals surface area contributed by atoms with E-state index in [-0.39, 0.29) is 0 Å². The topological polar surface area (TPSA) is 70.6 Å². The molecule has 0 fully saturated rings. The van der Waals surface area contributed by atoms with E-state index in [4.69, 9.17) is 17.0 Å². The normalized spacial score (nSPS) is 11.0.